The van der Waals surface area contributed by atoms with Crippen LogP contribution in [0.2, 0.25) is 0 Å². The van der Waals surface area contributed by atoms with Crippen LogP contribution < -0.4 is 0 Å². The zero-order chi connectivity index (χ0) is 8.91. The predicted octanol–water partition coefficient (Wildman–Crippen LogP) is 1.84. The summed E-state index contributed by atoms with van der Waals surface area (Å²) in [5.74, 6) is 0. The van der Waals surface area contributed by atoms with Gasteiger partial charge in [-0.15, -0.1) is 0 Å². The number of rotatable bonds is 5. The topological polar surface area (TPSA) is 26.3 Å². The molecule has 0 aromatic rings. The molecule has 0 aliphatic carbocycles. The van der Waals surface area contributed by atoms with Gasteiger partial charge in [0.1, 0.15) is 0 Å². The van der Waals surface area contributed by atoms with E-state index in [1.165, 1.54) is 13.8 Å². The Balaban J connectivity index is 3.63. The van der Waals surface area contributed by atoms with Crippen molar-refractivity contribution in [2.24, 2.45) is 5.41 Å². The second-order valence-electron chi connectivity index (χ2n) is 3.01. The standard InChI is InChI=1S/C7H12F2O2/c1-7(2,6(8)9)3-4-11-5-10/h5-6H,3-4H2,1-2H3. The highest BCUT2D eigenvalue weighted by molar-refractivity contribution is 5.36. The normalized spacial score (nSPS) is 11.7. The van der Waals surface area contributed by atoms with E-state index < -0.39 is 11.8 Å². The van der Waals surface area contributed by atoms with Crippen molar-refractivity contribution in [1.29, 1.82) is 0 Å². The fourth-order valence-corrected chi connectivity index (χ4v) is 0.479. The summed E-state index contributed by atoms with van der Waals surface area (Å²) < 4.78 is 28.5. The Kier molecular flexibility index (Phi) is 4.00. The molecule has 0 spiro atoms. The molecule has 0 aromatic heterocycles. The molecule has 2 nitrogen and oxygen atoms in total. The van der Waals surface area contributed by atoms with E-state index in [9.17, 15) is 13.6 Å². The molecule has 0 aliphatic rings. The van der Waals surface area contributed by atoms with Crippen LogP contribution in [-0.2, 0) is 9.53 Å². The lowest BCUT2D eigenvalue weighted by molar-refractivity contribution is -0.130. The van der Waals surface area contributed by atoms with Crippen LogP contribution in [0.4, 0.5) is 8.78 Å². The van der Waals surface area contributed by atoms with Crippen molar-refractivity contribution >= 4 is 6.47 Å². The Morgan fingerprint density at radius 3 is 2.45 bits per heavy atom. The third-order valence-electron chi connectivity index (χ3n) is 1.52. The molecular weight excluding hydrogens is 154 g/mol. The summed E-state index contributed by atoms with van der Waals surface area (Å²) in [6, 6.07) is 0. The van der Waals surface area contributed by atoms with Gasteiger partial charge in [0, 0.05) is 5.41 Å². The summed E-state index contributed by atoms with van der Waals surface area (Å²) in [6.45, 7) is 3.19. The van der Waals surface area contributed by atoms with E-state index in [0.717, 1.165) is 0 Å². The molecule has 0 atom stereocenters. The van der Waals surface area contributed by atoms with Crippen molar-refractivity contribution in [1.82, 2.24) is 0 Å². The van der Waals surface area contributed by atoms with E-state index in [1.807, 2.05) is 0 Å². The van der Waals surface area contributed by atoms with Gasteiger partial charge >= 0.3 is 0 Å². The minimum absolute atomic E-state index is 0.0564. The first-order valence-corrected chi connectivity index (χ1v) is 3.34. The van der Waals surface area contributed by atoms with Gasteiger partial charge in [0.05, 0.1) is 6.61 Å². The Morgan fingerprint density at radius 2 is 2.09 bits per heavy atom. The fourth-order valence-electron chi connectivity index (χ4n) is 0.479. The smallest absolute Gasteiger partial charge is 0.293 e. The first-order valence-electron chi connectivity index (χ1n) is 3.34. The Bertz CT molecular complexity index is 124. The number of alkyl halides is 2. The lowest BCUT2D eigenvalue weighted by Gasteiger charge is -2.22. The number of carbonyl (C=O) groups is 1. The number of hydrogen-bond donors (Lipinski definition) is 0. The molecule has 0 radical (unpaired) electrons. The maximum atomic E-state index is 12.1. The van der Waals surface area contributed by atoms with Crippen molar-refractivity contribution in [3.63, 3.8) is 0 Å². The first-order chi connectivity index (χ1) is 5.00. The zero-order valence-corrected chi connectivity index (χ0v) is 6.64. The van der Waals surface area contributed by atoms with Crippen LogP contribution >= 0.6 is 0 Å². The SMILES string of the molecule is CC(C)(CCOC=O)C(F)F. The highest BCUT2D eigenvalue weighted by atomic mass is 19.3. The van der Waals surface area contributed by atoms with Crippen LogP contribution in [0.1, 0.15) is 20.3 Å². The molecule has 0 fully saturated rings. The van der Waals surface area contributed by atoms with E-state index in [4.69, 9.17) is 0 Å². The van der Waals surface area contributed by atoms with Crippen molar-refractivity contribution < 1.29 is 18.3 Å². The molecule has 66 valence electrons. The van der Waals surface area contributed by atoms with Crippen molar-refractivity contribution in [2.75, 3.05) is 6.61 Å². The van der Waals surface area contributed by atoms with Gasteiger partial charge in [-0.3, -0.25) is 4.79 Å². The van der Waals surface area contributed by atoms with Gasteiger partial charge in [-0.1, -0.05) is 13.8 Å². The van der Waals surface area contributed by atoms with E-state index >= 15 is 0 Å². The van der Waals surface area contributed by atoms with Crippen molar-refractivity contribution in [3.8, 4) is 0 Å². The molecule has 0 aliphatic heterocycles. The summed E-state index contributed by atoms with van der Waals surface area (Å²) in [6.07, 6.45) is -2.19. The van der Waals surface area contributed by atoms with Gasteiger partial charge in [-0.2, -0.15) is 0 Å². The summed E-state index contributed by atoms with van der Waals surface area (Å²) in [5, 5.41) is 0. The molecule has 0 aromatic carbocycles. The fraction of sp³-hybridized carbons (Fsp3) is 0.857. The Morgan fingerprint density at radius 1 is 1.55 bits per heavy atom. The second-order valence-corrected chi connectivity index (χ2v) is 3.01. The number of carbonyl (C=O) groups excluding carboxylic acids is 1. The van der Waals surface area contributed by atoms with Gasteiger partial charge in [0.25, 0.3) is 6.47 Å². The molecule has 0 amide bonds. The van der Waals surface area contributed by atoms with Gasteiger partial charge < -0.3 is 4.74 Å². The van der Waals surface area contributed by atoms with Gasteiger partial charge in [-0.25, -0.2) is 8.78 Å². The average Bonchev–Trinajstić information content (AvgIpc) is 1.88. The maximum Gasteiger partial charge on any atom is 0.293 e. The van der Waals surface area contributed by atoms with E-state index in [0.29, 0.717) is 0 Å². The molecule has 0 N–H and O–H groups in total. The lowest BCUT2D eigenvalue weighted by Crippen LogP contribution is -2.23. The Hall–Kier alpha value is -0.670. The largest absolute Gasteiger partial charge is 0.468 e. The molecule has 0 heterocycles. The van der Waals surface area contributed by atoms with Crippen molar-refractivity contribution in [3.05, 3.63) is 0 Å². The summed E-state index contributed by atoms with van der Waals surface area (Å²) in [7, 11) is 0. The third-order valence-corrected chi connectivity index (χ3v) is 1.52. The average molecular weight is 166 g/mol. The quantitative estimate of drug-likeness (QED) is 0.460. The molecule has 11 heavy (non-hydrogen) atoms. The minimum Gasteiger partial charge on any atom is -0.468 e. The molecule has 0 saturated heterocycles. The van der Waals surface area contributed by atoms with Crippen LogP contribution in [0.25, 0.3) is 0 Å². The van der Waals surface area contributed by atoms with E-state index in [2.05, 4.69) is 4.74 Å². The lowest BCUT2D eigenvalue weighted by atomic mass is 9.90. The van der Waals surface area contributed by atoms with Gasteiger partial charge in [0.15, 0.2) is 0 Å². The molecular formula is C7H12F2O2. The summed E-state index contributed by atoms with van der Waals surface area (Å²) >= 11 is 0. The van der Waals surface area contributed by atoms with Crippen LogP contribution in [0, 0.1) is 5.41 Å². The molecule has 0 unspecified atom stereocenters. The molecule has 0 bridgehead atoms. The van der Waals surface area contributed by atoms with Gasteiger partial charge in [0.2, 0.25) is 6.43 Å². The van der Waals surface area contributed by atoms with E-state index in [1.54, 1.807) is 0 Å². The summed E-state index contributed by atoms with van der Waals surface area (Å²) in [5.41, 5.74) is -1.07. The number of ether oxygens (including phenoxy) is 1. The van der Waals surface area contributed by atoms with E-state index in [-0.39, 0.29) is 19.5 Å². The Labute approximate surface area is 64.5 Å². The van der Waals surface area contributed by atoms with Crippen LogP contribution in [0.15, 0.2) is 0 Å². The molecule has 0 saturated carbocycles. The first kappa shape index (κ1) is 10.3. The number of halogens is 2. The maximum absolute atomic E-state index is 12.1. The van der Waals surface area contributed by atoms with Gasteiger partial charge in [-0.05, 0) is 6.42 Å². The summed E-state index contributed by atoms with van der Waals surface area (Å²) in [4.78, 5) is 9.65. The second kappa shape index (κ2) is 4.26. The minimum atomic E-state index is -2.38. The monoisotopic (exact) mass is 166 g/mol. The number of hydrogen-bond acceptors (Lipinski definition) is 2. The highest BCUT2D eigenvalue weighted by Crippen LogP contribution is 2.28. The third kappa shape index (κ3) is 3.91. The zero-order valence-electron chi connectivity index (χ0n) is 6.64. The van der Waals surface area contributed by atoms with Crippen LogP contribution in [0.3, 0.4) is 0 Å². The highest BCUT2D eigenvalue weighted by Gasteiger charge is 2.28. The predicted molar refractivity (Wildman–Crippen MR) is 36.4 cm³/mol. The van der Waals surface area contributed by atoms with Crippen molar-refractivity contribution in [2.45, 2.75) is 26.7 Å². The molecule has 0 rings (SSSR count). The molecule has 4 heteroatoms. The van der Waals surface area contributed by atoms with Crippen LogP contribution in [-0.4, -0.2) is 19.5 Å². The van der Waals surface area contributed by atoms with Crippen LogP contribution in [0.5, 0.6) is 0 Å².